The van der Waals surface area contributed by atoms with E-state index in [2.05, 4.69) is 25.4 Å². The Bertz CT molecular complexity index is 1600. The van der Waals surface area contributed by atoms with Gasteiger partial charge < -0.3 is 39.7 Å². The molecule has 0 spiro atoms. The summed E-state index contributed by atoms with van der Waals surface area (Å²) in [6.45, 7) is 0. The summed E-state index contributed by atoms with van der Waals surface area (Å²) in [7, 11) is 0. The number of aliphatic carboxylic acids is 2. The van der Waals surface area contributed by atoms with E-state index >= 15 is 0 Å². The van der Waals surface area contributed by atoms with Crippen LogP contribution in [0, 0.1) is 5.82 Å². The number of nitrogens with one attached hydrogen (secondary N) is 2. The van der Waals surface area contributed by atoms with Crippen molar-refractivity contribution in [1.29, 1.82) is 0 Å². The molecule has 0 radical (unpaired) electrons. The number of oxazole rings is 1. The first-order valence-electron chi connectivity index (χ1n) is 13.8. The highest BCUT2D eigenvalue weighted by Crippen LogP contribution is 2.36. The van der Waals surface area contributed by atoms with Gasteiger partial charge in [0.1, 0.15) is 29.9 Å². The first kappa shape index (κ1) is 32.7. The van der Waals surface area contributed by atoms with Gasteiger partial charge in [-0.1, -0.05) is 18.0 Å². The number of amides is 1. The summed E-state index contributed by atoms with van der Waals surface area (Å²) in [4.78, 5) is 55.5. The van der Waals surface area contributed by atoms with Crippen LogP contribution in [0.3, 0.4) is 0 Å². The molecular formula is C29H30FN5O10. The van der Waals surface area contributed by atoms with Crippen LogP contribution in [0.5, 0.6) is 0 Å². The minimum absolute atomic E-state index is 0.0364. The maximum Gasteiger partial charge on any atom is 0.335 e. The Balaban J connectivity index is 0.000000399. The van der Waals surface area contributed by atoms with Gasteiger partial charge in [0.25, 0.3) is 0 Å². The van der Waals surface area contributed by atoms with Crippen LogP contribution in [0.2, 0.25) is 0 Å². The first-order valence-corrected chi connectivity index (χ1v) is 13.8. The van der Waals surface area contributed by atoms with E-state index < -0.39 is 35.5 Å². The predicted molar refractivity (Wildman–Crippen MR) is 150 cm³/mol. The normalized spacial score (nSPS) is 17.2. The van der Waals surface area contributed by atoms with Crippen molar-refractivity contribution in [3.8, 4) is 22.7 Å². The van der Waals surface area contributed by atoms with Crippen molar-refractivity contribution in [3.05, 3.63) is 66.5 Å². The maximum atomic E-state index is 14.9. The molecular weight excluding hydrogens is 597 g/mol. The molecule has 3 atom stereocenters. The first-order chi connectivity index (χ1) is 21.5. The second-order valence-corrected chi connectivity index (χ2v) is 10.2. The molecule has 4 aromatic rings. The molecule has 1 amide bonds. The van der Waals surface area contributed by atoms with Crippen LogP contribution in [-0.4, -0.2) is 76.4 Å². The number of halogens is 1. The number of aromatic nitrogens is 4. The number of hydrogen-bond donors (Lipinski definition) is 6. The van der Waals surface area contributed by atoms with Gasteiger partial charge in [0, 0.05) is 30.0 Å². The molecule has 15 nitrogen and oxygen atoms in total. The molecule has 16 heteroatoms. The minimum atomic E-state index is -2.27. The van der Waals surface area contributed by atoms with Crippen LogP contribution in [0.15, 0.2) is 58.1 Å². The zero-order chi connectivity index (χ0) is 32.6. The van der Waals surface area contributed by atoms with Gasteiger partial charge in [0.05, 0.1) is 23.6 Å². The Morgan fingerprint density at radius 1 is 1.02 bits per heavy atom. The highest BCUT2D eigenvalue weighted by molar-refractivity contribution is 5.93. The summed E-state index contributed by atoms with van der Waals surface area (Å²) in [5.41, 5.74) is 1.13. The molecule has 1 aliphatic heterocycles. The topological polar surface area (TPSA) is 242 Å². The number of aliphatic hydroxyl groups is 2. The number of Topliss-reactive ketones (excluding diaryl/α,β-unsaturated/α-hetero) is 1. The van der Waals surface area contributed by atoms with Gasteiger partial charge in [0.2, 0.25) is 11.8 Å². The maximum absolute atomic E-state index is 14.9. The smallest absolute Gasteiger partial charge is 0.335 e. The number of ketones is 1. The SMILES string of the molecule is O=C(O)C(O)C(O)C(=O)O.O=C1CCC(CCCCCC(=O)c2ccon2)(c2ncc(-c3ccc(-c4ncco4)cc3F)[nH]2)N1. The van der Waals surface area contributed by atoms with E-state index in [0.29, 0.717) is 66.3 Å². The zero-order valence-corrected chi connectivity index (χ0v) is 23.7. The Kier molecular flexibility index (Phi) is 10.5. The Labute approximate surface area is 254 Å². The Morgan fingerprint density at radius 3 is 2.36 bits per heavy atom. The molecule has 6 N–H and O–H groups in total. The van der Waals surface area contributed by atoms with Crippen LogP contribution < -0.4 is 5.32 Å². The number of aliphatic hydroxyl groups excluding tert-OH is 2. The number of carbonyl (C=O) groups excluding carboxylic acids is 2. The van der Waals surface area contributed by atoms with Gasteiger partial charge in [-0.05, 0) is 37.5 Å². The summed E-state index contributed by atoms with van der Waals surface area (Å²) >= 11 is 0. The highest BCUT2D eigenvalue weighted by Gasteiger charge is 2.41. The van der Waals surface area contributed by atoms with E-state index in [1.807, 2.05) is 0 Å². The van der Waals surface area contributed by atoms with E-state index in [1.165, 1.54) is 24.8 Å². The summed E-state index contributed by atoms with van der Waals surface area (Å²) in [5.74, 6) is -3.11. The second-order valence-electron chi connectivity index (χ2n) is 10.2. The van der Waals surface area contributed by atoms with Crippen LogP contribution in [0.4, 0.5) is 4.39 Å². The van der Waals surface area contributed by atoms with Crippen molar-refractivity contribution < 1.29 is 52.9 Å². The fourth-order valence-electron chi connectivity index (χ4n) is 4.78. The molecule has 0 saturated carbocycles. The fraction of sp³-hybridized carbons (Fsp3) is 0.345. The van der Waals surface area contributed by atoms with Crippen molar-refractivity contribution in [2.45, 2.75) is 62.7 Å². The quantitative estimate of drug-likeness (QED) is 0.0923. The molecule has 3 aromatic heterocycles. The van der Waals surface area contributed by atoms with Gasteiger partial charge in [-0.15, -0.1) is 0 Å². The van der Waals surface area contributed by atoms with E-state index in [0.717, 1.165) is 12.8 Å². The number of nitrogens with zero attached hydrogens (tertiary/aromatic N) is 3. The zero-order valence-electron chi connectivity index (χ0n) is 23.7. The number of carboxylic acids is 2. The minimum Gasteiger partial charge on any atom is -0.479 e. The van der Waals surface area contributed by atoms with Crippen molar-refractivity contribution >= 4 is 23.6 Å². The lowest BCUT2D eigenvalue weighted by Crippen LogP contribution is -2.39. The van der Waals surface area contributed by atoms with Crippen LogP contribution in [0.25, 0.3) is 22.7 Å². The van der Waals surface area contributed by atoms with Crippen LogP contribution >= 0.6 is 0 Å². The van der Waals surface area contributed by atoms with Crippen LogP contribution in [-0.2, 0) is 19.9 Å². The fourth-order valence-corrected chi connectivity index (χ4v) is 4.78. The average Bonchev–Trinajstić information content (AvgIpc) is 3.84. The third-order valence-electron chi connectivity index (χ3n) is 7.16. The number of H-pyrrole nitrogens is 1. The number of carboxylic acid groups (broad SMARTS) is 2. The van der Waals surface area contributed by atoms with E-state index in [1.54, 1.807) is 24.4 Å². The van der Waals surface area contributed by atoms with Crippen molar-refractivity contribution in [2.75, 3.05) is 0 Å². The van der Waals surface area contributed by atoms with E-state index in [9.17, 15) is 23.6 Å². The van der Waals surface area contributed by atoms with Gasteiger partial charge in [-0.2, -0.15) is 0 Å². The standard InChI is InChI=1S/C25H24FN5O4.C4H6O6/c26-18-14-16(23-27-11-13-34-23)5-6-17(18)20-15-28-24(29-20)25(10-7-22(33)30-25)9-3-1-2-4-21(32)19-8-12-35-31-19;5-1(3(7)8)2(6)4(9)10/h5-6,8,11-15H,1-4,7,9-10H2,(H,28,29)(H,30,33);1-2,5-6H,(H,7,8)(H,9,10). The molecule has 4 heterocycles. The number of benzene rings is 1. The van der Waals surface area contributed by atoms with E-state index in [4.69, 9.17) is 29.4 Å². The molecule has 1 aliphatic rings. The highest BCUT2D eigenvalue weighted by atomic mass is 19.1. The molecule has 0 bridgehead atoms. The summed E-state index contributed by atoms with van der Waals surface area (Å²) in [6.07, 6.45) is 5.74. The third kappa shape index (κ3) is 8.04. The van der Waals surface area contributed by atoms with Crippen molar-refractivity contribution in [3.63, 3.8) is 0 Å². The second kappa shape index (κ2) is 14.5. The molecule has 1 saturated heterocycles. The number of hydrogen-bond acceptors (Lipinski definition) is 11. The Morgan fingerprint density at radius 2 is 1.78 bits per heavy atom. The molecule has 45 heavy (non-hydrogen) atoms. The number of rotatable bonds is 13. The summed E-state index contributed by atoms with van der Waals surface area (Å²) in [5, 5.41) is 39.3. The molecule has 0 aliphatic carbocycles. The average molecular weight is 628 g/mol. The number of carbonyl (C=O) groups is 4. The van der Waals surface area contributed by atoms with Gasteiger partial charge >= 0.3 is 11.9 Å². The lowest BCUT2D eigenvalue weighted by atomic mass is 9.89. The number of imidazole rings is 1. The lowest BCUT2D eigenvalue weighted by molar-refractivity contribution is -0.165. The third-order valence-corrected chi connectivity index (χ3v) is 7.16. The number of aromatic amines is 1. The monoisotopic (exact) mass is 627 g/mol. The van der Waals surface area contributed by atoms with Crippen molar-refractivity contribution in [2.24, 2.45) is 0 Å². The Hall–Kier alpha value is -5.22. The van der Waals surface area contributed by atoms with Gasteiger partial charge in [-0.25, -0.2) is 23.9 Å². The largest absolute Gasteiger partial charge is 0.479 e. The van der Waals surface area contributed by atoms with Crippen molar-refractivity contribution in [1.82, 2.24) is 25.4 Å². The lowest BCUT2D eigenvalue weighted by Gasteiger charge is -2.27. The molecule has 1 aromatic carbocycles. The molecule has 1 fully saturated rings. The predicted octanol–water partition coefficient (Wildman–Crippen LogP) is 2.67. The number of unbranched alkanes of at least 4 members (excludes halogenated alkanes) is 2. The van der Waals surface area contributed by atoms with Gasteiger partial charge in [0.15, 0.2) is 18.0 Å². The van der Waals surface area contributed by atoms with E-state index in [-0.39, 0.29) is 11.7 Å². The van der Waals surface area contributed by atoms with Gasteiger partial charge in [-0.3, -0.25) is 9.59 Å². The molecule has 238 valence electrons. The molecule has 5 rings (SSSR count). The van der Waals surface area contributed by atoms with Crippen LogP contribution in [0.1, 0.15) is 61.3 Å². The molecule has 3 unspecified atom stereocenters. The summed E-state index contributed by atoms with van der Waals surface area (Å²) in [6, 6.07) is 6.31. The summed E-state index contributed by atoms with van der Waals surface area (Å²) < 4.78 is 24.9.